The molecule has 0 bridgehead atoms. The normalized spacial score (nSPS) is 21.0. The molecule has 1 aliphatic carbocycles. The number of nitrogens with zero attached hydrogens (tertiary/aromatic N) is 1. The molecule has 2 unspecified atom stereocenters. The minimum atomic E-state index is -0.254. The van der Waals surface area contributed by atoms with Gasteiger partial charge in [0.15, 0.2) is 0 Å². The smallest absolute Gasteiger partial charge is 0.244 e. The van der Waals surface area contributed by atoms with Gasteiger partial charge >= 0.3 is 0 Å². The molecule has 2 aliphatic rings. The number of carbonyl (C=O) groups excluding carboxylic acids is 1. The van der Waals surface area contributed by atoms with Gasteiger partial charge in [-0.2, -0.15) is 0 Å². The summed E-state index contributed by atoms with van der Waals surface area (Å²) in [6.07, 6.45) is 5.64. The SMILES string of the molecule is O=C(C(NC1CCc2ccccc21)c1ccccc1)N1CCCCC1. The van der Waals surface area contributed by atoms with Gasteiger partial charge in [-0.25, -0.2) is 0 Å². The standard InChI is InChI=1S/C22H26N2O/c25-22(24-15-7-2-8-16-24)21(18-10-3-1-4-11-18)23-20-14-13-17-9-5-6-12-19(17)20/h1,3-6,9-12,20-21,23H,2,7-8,13-16H2. The fourth-order valence-corrected chi connectivity index (χ4v) is 4.18. The van der Waals surface area contributed by atoms with Gasteiger partial charge < -0.3 is 4.90 Å². The number of hydrogen-bond donors (Lipinski definition) is 1. The Morgan fingerprint density at radius 2 is 1.68 bits per heavy atom. The van der Waals surface area contributed by atoms with E-state index in [1.165, 1.54) is 17.5 Å². The molecule has 0 spiro atoms. The van der Waals surface area contributed by atoms with Gasteiger partial charge in [-0.3, -0.25) is 10.1 Å². The Morgan fingerprint density at radius 3 is 2.48 bits per heavy atom. The maximum Gasteiger partial charge on any atom is 0.244 e. The Kier molecular flexibility index (Phi) is 4.84. The van der Waals surface area contributed by atoms with Crippen molar-refractivity contribution in [1.82, 2.24) is 10.2 Å². The highest BCUT2D eigenvalue weighted by atomic mass is 16.2. The van der Waals surface area contributed by atoms with Gasteiger partial charge in [0.05, 0.1) is 0 Å². The van der Waals surface area contributed by atoms with Crippen LogP contribution in [-0.4, -0.2) is 23.9 Å². The van der Waals surface area contributed by atoms with Crippen LogP contribution in [-0.2, 0) is 11.2 Å². The zero-order chi connectivity index (χ0) is 17.1. The molecule has 3 heteroatoms. The first kappa shape index (κ1) is 16.3. The third-order valence-corrected chi connectivity index (χ3v) is 5.55. The van der Waals surface area contributed by atoms with E-state index < -0.39 is 0 Å². The maximum absolute atomic E-state index is 13.3. The number of nitrogens with one attached hydrogen (secondary N) is 1. The summed E-state index contributed by atoms with van der Waals surface area (Å²) in [5.74, 6) is 0.232. The molecule has 2 aromatic rings. The van der Waals surface area contributed by atoms with Crippen LogP contribution in [0.4, 0.5) is 0 Å². The second-order valence-corrected chi connectivity index (χ2v) is 7.19. The van der Waals surface area contributed by atoms with Crippen LogP contribution in [0.25, 0.3) is 0 Å². The molecule has 0 aromatic heterocycles. The molecule has 1 saturated heterocycles. The number of fused-ring (bicyclic) bond motifs is 1. The number of benzene rings is 2. The van der Waals surface area contributed by atoms with Crippen molar-refractivity contribution < 1.29 is 4.79 Å². The molecule has 1 aliphatic heterocycles. The molecule has 25 heavy (non-hydrogen) atoms. The zero-order valence-corrected chi connectivity index (χ0v) is 14.7. The minimum absolute atomic E-state index is 0.232. The van der Waals surface area contributed by atoms with Crippen LogP contribution in [0.3, 0.4) is 0 Å². The van der Waals surface area contributed by atoms with Gasteiger partial charge in [0, 0.05) is 19.1 Å². The molecule has 2 atom stereocenters. The summed E-state index contributed by atoms with van der Waals surface area (Å²) in [5.41, 5.74) is 3.84. The lowest BCUT2D eigenvalue weighted by atomic mass is 10.0. The number of aryl methyl sites for hydroxylation is 1. The predicted octanol–water partition coefficient (Wildman–Crippen LogP) is 4.02. The molecule has 0 radical (unpaired) electrons. The molecule has 1 heterocycles. The van der Waals surface area contributed by atoms with Crippen LogP contribution in [0.1, 0.15) is 54.5 Å². The quantitative estimate of drug-likeness (QED) is 0.916. The van der Waals surface area contributed by atoms with E-state index in [4.69, 9.17) is 0 Å². The zero-order valence-electron chi connectivity index (χ0n) is 14.7. The Labute approximate surface area is 150 Å². The predicted molar refractivity (Wildman–Crippen MR) is 100 cm³/mol. The number of likely N-dealkylation sites (tertiary alicyclic amines) is 1. The van der Waals surface area contributed by atoms with E-state index >= 15 is 0 Å². The van der Waals surface area contributed by atoms with Gasteiger partial charge in [-0.15, -0.1) is 0 Å². The van der Waals surface area contributed by atoms with Gasteiger partial charge in [0.2, 0.25) is 5.91 Å². The molecular weight excluding hydrogens is 308 g/mol. The number of carbonyl (C=O) groups is 1. The highest BCUT2D eigenvalue weighted by Crippen LogP contribution is 2.33. The number of amides is 1. The molecule has 1 fully saturated rings. The summed E-state index contributed by atoms with van der Waals surface area (Å²) in [4.78, 5) is 15.3. The first-order valence-electron chi connectivity index (χ1n) is 9.50. The fourth-order valence-electron chi connectivity index (χ4n) is 4.18. The van der Waals surface area contributed by atoms with E-state index in [9.17, 15) is 4.79 Å². The largest absolute Gasteiger partial charge is 0.341 e. The summed E-state index contributed by atoms with van der Waals surface area (Å²) >= 11 is 0. The number of rotatable bonds is 4. The molecule has 4 rings (SSSR count). The van der Waals surface area contributed by atoms with E-state index in [1.54, 1.807) is 0 Å². The van der Waals surface area contributed by atoms with Crippen molar-refractivity contribution in [2.24, 2.45) is 0 Å². The number of hydrogen-bond acceptors (Lipinski definition) is 2. The Hall–Kier alpha value is -2.13. The average Bonchev–Trinajstić information content (AvgIpc) is 3.10. The minimum Gasteiger partial charge on any atom is -0.341 e. The molecular formula is C22H26N2O. The Morgan fingerprint density at radius 1 is 0.960 bits per heavy atom. The molecule has 130 valence electrons. The highest BCUT2D eigenvalue weighted by Gasteiger charge is 2.31. The Bertz CT molecular complexity index is 722. The van der Waals surface area contributed by atoms with Gasteiger partial charge in [0.1, 0.15) is 6.04 Å². The maximum atomic E-state index is 13.3. The van der Waals surface area contributed by atoms with Gasteiger partial charge in [-0.05, 0) is 48.8 Å². The van der Waals surface area contributed by atoms with Crippen molar-refractivity contribution in [3.05, 3.63) is 71.3 Å². The lowest BCUT2D eigenvalue weighted by Gasteiger charge is -2.32. The molecule has 2 aromatic carbocycles. The van der Waals surface area contributed by atoms with Gasteiger partial charge in [0.25, 0.3) is 0 Å². The van der Waals surface area contributed by atoms with Crippen LogP contribution in [0, 0.1) is 0 Å². The van der Waals surface area contributed by atoms with E-state index in [2.05, 4.69) is 46.6 Å². The van der Waals surface area contributed by atoms with Crippen molar-refractivity contribution in [3.8, 4) is 0 Å². The summed E-state index contributed by atoms with van der Waals surface area (Å²) in [5, 5.41) is 3.69. The van der Waals surface area contributed by atoms with Crippen LogP contribution in [0.5, 0.6) is 0 Å². The van der Waals surface area contributed by atoms with Crippen LogP contribution in [0.15, 0.2) is 54.6 Å². The summed E-state index contributed by atoms with van der Waals surface area (Å²) < 4.78 is 0. The number of piperidine rings is 1. The second-order valence-electron chi connectivity index (χ2n) is 7.19. The summed E-state index contributed by atoms with van der Waals surface area (Å²) in [7, 11) is 0. The monoisotopic (exact) mass is 334 g/mol. The summed E-state index contributed by atoms with van der Waals surface area (Å²) in [6, 6.07) is 18.8. The van der Waals surface area contributed by atoms with Crippen LogP contribution >= 0.6 is 0 Å². The highest BCUT2D eigenvalue weighted by molar-refractivity contribution is 5.83. The third kappa shape index (κ3) is 3.47. The lowest BCUT2D eigenvalue weighted by Crippen LogP contribution is -2.44. The summed E-state index contributed by atoms with van der Waals surface area (Å²) in [6.45, 7) is 1.79. The van der Waals surface area contributed by atoms with E-state index in [-0.39, 0.29) is 18.0 Å². The van der Waals surface area contributed by atoms with E-state index in [1.807, 2.05) is 18.2 Å². The fraction of sp³-hybridized carbons (Fsp3) is 0.409. The van der Waals surface area contributed by atoms with Gasteiger partial charge in [-0.1, -0.05) is 54.6 Å². The van der Waals surface area contributed by atoms with Crippen LogP contribution in [0.2, 0.25) is 0 Å². The first-order chi connectivity index (χ1) is 12.3. The molecule has 0 saturated carbocycles. The molecule has 1 N–H and O–H groups in total. The van der Waals surface area contributed by atoms with E-state index in [0.29, 0.717) is 0 Å². The topological polar surface area (TPSA) is 32.3 Å². The third-order valence-electron chi connectivity index (χ3n) is 5.55. The lowest BCUT2D eigenvalue weighted by molar-refractivity contribution is -0.134. The molecule has 3 nitrogen and oxygen atoms in total. The van der Waals surface area contributed by atoms with Crippen LogP contribution < -0.4 is 5.32 Å². The molecule has 1 amide bonds. The average molecular weight is 334 g/mol. The Balaban J connectivity index is 1.59. The van der Waals surface area contributed by atoms with Crippen molar-refractivity contribution in [3.63, 3.8) is 0 Å². The first-order valence-corrected chi connectivity index (χ1v) is 9.50. The van der Waals surface area contributed by atoms with Crippen molar-refractivity contribution in [1.29, 1.82) is 0 Å². The van der Waals surface area contributed by atoms with Crippen molar-refractivity contribution >= 4 is 5.91 Å². The van der Waals surface area contributed by atoms with Crippen molar-refractivity contribution in [2.75, 3.05) is 13.1 Å². The van der Waals surface area contributed by atoms with Crippen molar-refractivity contribution in [2.45, 2.75) is 44.2 Å². The van der Waals surface area contributed by atoms with E-state index in [0.717, 1.165) is 44.3 Å². The second kappa shape index (κ2) is 7.40.